The molecule has 0 saturated heterocycles. The molecule has 0 aliphatic rings. The zero-order valence-electron chi connectivity index (χ0n) is 14.1. The van der Waals surface area contributed by atoms with Crippen LogP contribution in [0.5, 0.6) is 5.75 Å². The molecule has 0 aliphatic carbocycles. The minimum atomic E-state index is -0.314. The van der Waals surface area contributed by atoms with Crippen molar-refractivity contribution >= 4 is 17.0 Å². The van der Waals surface area contributed by atoms with E-state index < -0.39 is 0 Å². The van der Waals surface area contributed by atoms with Crippen LogP contribution >= 0.6 is 0 Å². The summed E-state index contributed by atoms with van der Waals surface area (Å²) in [5, 5.41) is 0. The van der Waals surface area contributed by atoms with Crippen molar-refractivity contribution < 1.29 is 14.3 Å². The molecule has 0 amide bonds. The molecule has 1 aromatic heterocycles. The number of carbonyl (C=O) groups excluding carboxylic acids is 1. The SMILES string of the molecule is COC(=O)Cn1c(COc2cc(C)ccc2C)nc2ccccc21. The second-order valence-electron chi connectivity index (χ2n) is 5.74. The highest BCUT2D eigenvalue weighted by Crippen LogP contribution is 2.22. The molecule has 124 valence electrons. The van der Waals surface area contributed by atoms with E-state index in [1.165, 1.54) is 7.11 Å². The van der Waals surface area contributed by atoms with Crippen molar-refractivity contribution in [1.29, 1.82) is 0 Å². The Morgan fingerprint density at radius 3 is 2.75 bits per heavy atom. The van der Waals surface area contributed by atoms with Crippen molar-refractivity contribution in [3.63, 3.8) is 0 Å². The predicted octanol–water partition coefficient (Wildman–Crippen LogP) is 3.41. The van der Waals surface area contributed by atoms with Crippen LogP contribution in [0.4, 0.5) is 0 Å². The fourth-order valence-electron chi connectivity index (χ4n) is 2.61. The molecule has 3 rings (SSSR count). The molecule has 0 aliphatic heterocycles. The summed E-state index contributed by atoms with van der Waals surface area (Å²) in [4.78, 5) is 16.3. The Balaban J connectivity index is 1.92. The maximum Gasteiger partial charge on any atom is 0.325 e. The number of methoxy groups -OCH3 is 1. The molecule has 2 aromatic carbocycles. The number of nitrogens with zero attached hydrogens (tertiary/aromatic N) is 2. The van der Waals surface area contributed by atoms with Crippen LogP contribution in [0, 0.1) is 13.8 Å². The van der Waals surface area contributed by atoms with Crippen molar-refractivity contribution in [3.05, 3.63) is 59.4 Å². The van der Waals surface area contributed by atoms with Crippen LogP contribution in [0.3, 0.4) is 0 Å². The number of hydrogen-bond acceptors (Lipinski definition) is 4. The highest BCUT2D eigenvalue weighted by atomic mass is 16.5. The van der Waals surface area contributed by atoms with Crippen molar-refractivity contribution in [2.24, 2.45) is 0 Å². The maximum atomic E-state index is 11.7. The van der Waals surface area contributed by atoms with E-state index in [1.807, 2.05) is 54.8 Å². The van der Waals surface area contributed by atoms with Gasteiger partial charge in [0.25, 0.3) is 0 Å². The van der Waals surface area contributed by atoms with Gasteiger partial charge in [0, 0.05) is 0 Å². The van der Waals surface area contributed by atoms with E-state index in [4.69, 9.17) is 9.47 Å². The number of aryl methyl sites for hydroxylation is 2. The fourth-order valence-corrected chi connectivity index (χ4v) is 2.61. The van der Waals surface area contributed by atoms with Crippen molar-refractivity contribution in [1.82, 2.24) is 9.55 Å². The summed E-state index contributed by atoms with van der Waals surface area (Å²) in [5.74, 6) is 1.21. The Hall–Kier alpha value is -2.82. The molecule has 0 saturated carbocycles. The van der Waals surface area contributed by atoms with Gasteiger partial charge in [-0.25, -0.2) is 4.98 Å². The third-order valence-electron chi connectivity index (χ3n) is 3.95. The zero-order chi connectivity index (χ0) is 17.1. The van der Waals surface area contributed by atoms with Crippen LogP contribution in [-0.4, -0.2) is 22.6 Å². The second-order valence-corrected chi connectivity index (χ2v) is 5.74. The summed E-state index contributed by atoms with van der Waals surface area (Å²) in [5.41, 5.74) is 3.93. The lowest BCUT2D eigenvalue weighted by Gasteiger charge is -2.11. The normalized spacial score (nSPS) is 10.8. The lowest BCUT2D eigenvalue weighted by Crippen LogP contribution is -2.15. The molecule has 5 nitrogen and oxygen atoms in total. The molecule has 0 N–H and O–H groups in total. The quantitative estimate of drug-likeness (QED) is 0.675. The smallest absolute Gasteiger partial charge is 0.325 e. The van der Waals surface area contributed by atoms with E-state index in [2.05, 4.69) is 11.1 Å². The molecule has 0 fully saturated rings. The minimum absolute atomic E-state index is 0.114. The topological polar surface area (TPSA) is 53.4 Å². The third kappa shape index (κ3) is 3.25. The minimum Gasteiger partial charge on any atom is -0.485 e. The molecule has 0 unspecified atom stereocenters. The van der Waals surface area contributed by atoms with E-state index in [0.29, 0.717) is 5.82 Å². The Morgan fingerprint density at radius 1 is 1.17 bits per heavy atom. The summed E-state index contributed by atoms with van der Waals surface area (Å²) < 4.78 is 12.6. The number of esters is 1. The summed E-state index contributed by atoms with van der Waals surface area (Å²) in [7, 11) is 1.38. The van der Waals surface area contributed by atoms with Crippen LogP contribution in [0.2, 0.25) is 0 Å². The van der Waals surface area contributed by atoms with E-state index in [1.54, 1.807) is 0 Å². The van der Waals surface area contributed by atoms with Gasteiger partial charge in [-0.2, -0.15) is 0 Å². The van der Waals surface area contributed by atoms with Gasteiger partial charge in [-0.05, 0) is 43.2 Å². The monoisotopic (exact) mass is 324 g/mol. The first-order chi connectivity index (χ1) is 11.6. The molecule has 0 bridgehead atoms. The van der Waals surface area contributed by atoms with Crippen LogP contribution < -0.4 is 4.74 Å². The first-order valence-electron chi connectivity index (χ1n) is 7.79. The summed E-state index contributed by atoms with van der Waals surface area (Å²) in [6.45, 7) is 4.43. The van der Waals surface area contributed by atoms with Gasteiger partial charge >= 0.3 is 5.97 Å². The predicted molar refractivity (Wildman–Crippen MR) is 92.0 cm³/mol. The Morgan fingerprint density at radius 2 is 1.96 bits per heavy atom. The standard InChI is InChI=1S/C19H20N2O3/c1-13-8-9-14(2)17(10-13)24-12-18-20-15-6-4-5-7-16(15)21(18)11-19(22)23-3/h4-10H,11-12H2,1-3H3. The highest BCUT2D eigenvalue weighted by Gasteiger charge is 2.14. The molecular formula is C19H20N2O3. The van der Waals surface area contributed by atoms with Gasteiger partial charge in [0.2, 0.25) is 0 Å². The first-order valence-corrected chi connectivity index (χ1v) is 7.79. The average Bonchev–Trinajstić information content (AvgIpc) is 2.93. The van der Waals surface area contributed by atoms with E-state index >= 15 is 0 Å². The van der Waals surface area contributed by atoms with Gasteiger partial charge in [0.1, 0.15) is 24.7 Å². The number of ether oxygens (including phenoxy) is 2. The lowest BCUT2D eigenvalue weighted by atomic mass is 10.1. The van der Waals surface area contributed by atoms with Crippen LogP contribution in [0.15, 0.2) is 42.5 Å². The van der Waals surface area contributed by atoms with Crippen LogP contribution in [0.25, 0.3) is 11.0 Å². The number of carbonyl (C=O) groups is 1. The number of fused-ring (bicyclic) bond motifs is 1. The number of para-hydroxylation sites is 2. The first kappa shape index (κ1) is 16.1. The van der Waals surface area contributed by atoms with Gasteiger partial charge in [-0.15, -0.1) is 0 Å². The third-order valence-corrected chi connectivity index (χ3v) is 3.95. The lowest BCUT2D eigenvalue weighted by molar-refractivity contribution is -0.141. The average molecular weight is 324 g/mol. The molecule has 3 aromatic rings. The molecule has 5 heteroatoms. The van der Waals surface area contributed by atoms with Gasteiger partial charge in [0.15, 0.2) is 0 Å². The number of benzene rings is 2. The van der Waals surface area contributed by atoms with Crippen LogP contribution in [-0.2, 0) is 22.7 Å². The molecule has 1 heterocycles. The van der Waals surface area contributed by atoms with Gasteiger partial charge in [-0.1, -0.05) is 24.3 Å². The maximum absolute atomic E-state index is 11.7. The summed E-state index contributed by atoms with van der Waals surface area (Å²) >= 11 is 0. The Kier molecular flexibility index (Phi) is 4.51. The number of rotatable bonds is 5. The summed E-state index contributed by atoms with van der Waals surface area (Å²) in [6.07, 6.45) is 0. The van der Waals surface area contributed by atoms with E-state index in [-0.39, 0.29) is 19.1 Å². The van der Waals surface area contributed by atoms with E-state index in [9.17, 15) is 4.79 Å². The van der Waals surface area contributed by atoms with Crippen molar-refractivity contribution in [3.8, 4) is 5.75 Å². The zero-order valence-corrected chi connectivity index (χ0v) is 14.1. The van der Waals surface area contributed by atoms with Crippen molar-refractivity contribution in [2.75, 3.05) is 7.11 Å². The van der Waals surface area contributed by atoms with Gasteiger partial charge in [0.05, 0.1) is 18.1 Å². The van der Waals surface area contributed by atoms with Gasteiger partial charge in [-0.3, -0.25) is 4.79 Å². The summed E-state index contributed by atoms with van der Waals surface area (Å²) in [6, 6.07) is 13.8. The number of imidazole rings is 1. The van der Waals surface area contributed by atoms with Crippen molar-refractivity contribution in [2.45, 2.75) is 27.0 Å². The fraction of sp³-hybridized carbons (Fsp3) is 0.263. The molecule has 24 heavy (non-hydrogen) atoms. The van der Waals surface area contributed by atoms with Crippen LogP contribution in [0.1, 0.15) is 17.0 Å². The molecule has 0 atom stereocenters. The second kappa shape index (κ2) is 6.74. The van der Waals surface area contributed by atoms with Gasteiger partial charge < -0.3 is 14.0 Å². The number of hydrogen-bond donors (Lipinski definition) is 0. The largest absolute Gasteiger partial charge is 0.485 e. The number of aromatic nitrogens is 2. The Bertz CT molecular complexity index is 883. The molecular weight excluding hydrogens is 304 g/mol. The highest BCUT2D eigenvalue weighted by molar-refractivity contribution is 5.78. The Labute approximate surface area is 140 Å². The molecule has 0 spiro atoms. The van der Waals surface area contributed by atoms with E-state index in [0.717, 1.165) is 27.9 Å². The molecule has 0 radical (unpaired) electrons.